The summed E-state index contributed by atoms with van der Waals surface area (Å²) >= 11 is 0. The number of nitrogens with one attached hydrogen (secondary N) is 1. The fraction of sp³-hybridized carbons (Fsp3) is 0.438. The Balaban J connectivity index is 2.08. The van der Waals surface area contributed by atoms with Crippen LogP contribution >= 0.6 is 0 Å². The molecule has 2 N–H and O–H groups in total. The molecule has 1 aliphatic rings. The third-order valence-corrected chi connectivity index (χ3v) is 3.55. The minimum atomic E-state index is -0.467. The largest absolute Gasteiger partial charge is 0.384 e. The molecule has 1 aromatic rings. The maximum Gasteiger partial charge on any atom is 0.252 e. The van der Waals surface area contributed by atoms with Gasteiger partial charge < -0.3 is 10.4 Å². The lowest BCUT2D eigenvalue weighted by Crippen LogP contribution is -2.29. The number of aliphatic hydroxyl groups is 1. The molecule has 0 heterocycles. The SMILES string of the molecule is O=C(NCC1CCCC1)c1cc(F)ccc1C#CCO. The molecule has 3 nitrogen and oxygen atoms in total. The van der Waals surface area contributed by atoms with Crippen molar-refractivity contribution < 1.29 is 14.3 Å². The van der Waals surface area contributed by atoms with Crippen LogP contribution in [0.1, 0.15) is 41.6 Å². The first kappa shape index (κ1) is 14.5. The number of rotatable bonds is 3. The maximum absolute atomic E-state index is 13.3. The Hall–Kier alpha value is -1.86. The lowest BCUT2D eigenvalue weighted by molar-refractivity contribution is 0.0946. The summed E-state index contributed by atoms with van der Waals surface area (Å²) in [4.78, 5) is 12.1. The second-order valence-electron chi connectivity index (χ2n) is 5.01. The average Bonchev–Trinajstić information content (AvgIpc) is 2.96. The Morgan fingerprint density at radius 2 is 2.15 bits per heavy atom. The number of aliphatic hydroxyl groups excluding tert-OH is 1. The van der Waals surface area contributed by atoms with Crippen LogP contribution < -0.4 is 5.32 Å². The molecule has 0 radical (unpaired) electrons. The molecule has 0 aromatic heterocycles. The zero-order chi connectivity index (χ0) is 14.4. The van der Waals surface area contributed by atoms with Gasteiger partial charge in [-0.25, -0.2) is 4.39 Å². The van der Waals surface area contributed by atoms with Crippen LogP contribution in [-0.2, 0) is 0 Å². The summed E-state index contributed by atoms with van der Waals surface area (Å²) in [6.45, 7) is 0.336. The van der Waals surface area contributed by atoms with E-state index in [1.54, 1.807) is 0 Å². The van der Waals surface area contributed by atoms with Crippen molar-refractivity contribution in [3.63, 3.8) is 0 Å². The quantitative estimate of drug-likeness (QED) is 0.830. The molecule has 4 heteroatoms. The van der Waals surface area contributed by atoms with E-state index in [0.29, 0.717) is 18.0 Å². The lowest BCUT2D eigenvalue weighted by Gasteiger charge is -2.11. The highest BCUT2D eigenvalue weighted by Gasteiger charge is 2.17. The van der Waals surface area contributed by atoms with Crippen molar-refractivity contribution in [1.82, 2.24) is 5.32 Å². The first-order chi connectivity index (χ1) is 9.70. The summed E-state index contributed by atoms with van der Waals surface area (Å²) in [5, 5.41) is 11.6. The standard InChI is InChI=1S/C16H18FNO2/c17-14-8-7-13(6-3-9-19)15(10-14)16(20)18-11-12-4-1-2-5-12/h7-8,10,12,19H,1-2,4-5,9,11H2,(H,18,20). The second kappa shape index (κ2) is 7.06. The molecule has 0 saturated heterocycles. The van der Waals surface area contributed by atoms with E-state index < -0.39 is 5.82 Å². The summed E-state index contributed by atoms with van der Waals surface area (Å²) < 4.78 is 13.3. The first-order valence-corrected chi connectivity index (χ1v) is 6.88. The van der Waals surface area contributed by atoms with E-state index in [0.717, 1.165) is 12.8 Å². The molecule has 0 aliphatic heterocycles. The maximum atomic E-state index is 13.3. The topological polar surface area (TPSA) is 49.3 Å². The van der Waals surface area contributed by atoms with Crippen LogP contribution in [-0.4, -0.2) is 24.2 Å². The van der Waals surface area contributed by atoms with E-state index in [1.165, 1.54) is 31.0 Å². The van der Waals surface area contributed by atoms with Crippen LogP contribution in [0.4, 0.5) is 4.39 Å². The Labute approximate surface area is 118 Å². The molecule has 1 amide bonds. The summed E-state index contributed by atoms with van der Waals surface area (Å²) in [6.07, 6.45) is 4.71. The van der Waals surface area contributed by atoms with E-state index in [2.05, 4.69) is 17.2 Å². The van der Waals surface area contributed by atoms with Gasteiger partial charge in [0.25, 0.3) is 5.91 Å². The van der Waals surface area contributed by atoms with Crippen molar-refractivity contribution in [3.05, 3.63) is 35.1 Å². The molecular weight excluding hydrogens is 257 g/mol. The van der Waals surface area contributed by atoms with Gasteiger partial charge in [0.15, 0.2) is 0 Å². The first-order valence-electron chi connectivity index (χ1n) is 6.88. The van der Waals surface area contributed by atoms with Crippen LogP contribution in [0.25, 0.3) is 0 Å². The Morgan fingerprint density at radius 3 is 2.85 bits per heavy atom. The van der Waals surface area contributed by atoms with E-state index >= 15 is 0 Å². The molecule has 0 spiro atoms. The fourth-order valence-electron chi connectivity index (χ4n) is 2.49. The summed E-state index contributed by atoms with van der Waals surface area (Å²) in [5.74, 6) is 4.90. The molecule has 1 saturated carbocycles. The molecule has 0 atom stereocenters. The Morgan fingerprint density at radius 1 is 1.40 bits per heavy atom. The number of halogens is 1. The Kier molecular flexibility index (Phi) is 5.14. The zero-order valence-electron chi connectivity index (χ0n) is 11.3. The highest BCUT2D eigenvalue weighted by Crippen LogP contribution is 2.23. The normalized spacial score (nSPS) is 14.7. The third-order valence-electron chi connectivity index (χ3n) is 3.55. The molecule has 0 unspecified atom stereocenters. The van der Waals surface area contributed by atoms with Crippen LogP contribution in [0, 0.1) is 23.6 Å². The van der Waals surface area contributed by atoms with E-state index in [9.17, 15) is 9.18 Å². The minimum absolute atomic E-state index is 0.226. The van der Waals surface area contributed by atoms with Crippen LogP contribution in [0.15, 0.2) is 18.2 Å². The molecule has 1 aliphatic carbocycles. The summed E-state index contributed by atoms with van der Waals surface area (Å²) in [5.41, 5.74) is 0.660. The monoisotopic (exact) mass is 275 g/mol. The predicted molar refractivity (Wildman–Crippen MR) is 74.7 cm³/mol. The molecule has 20 heavy (non-hydrogen) atoms. The van der Waals surface area contributed by atoms with Gasteiger partial charge in [-0.15, -0.1) is 0 Å². The smallest absolute Gasteiger partial charge is 0.252 e. The fourth-order valence-corrected chi connectivity index (χ4v) is 2.49. The van der Waals surface area contributed by atoms with Crippen molar-refractivity contribution in [2.45, 2.75) is 25.7 Å². The predicted octanol–water partition coefficient (Wildman–Crippen LogP) is 2.09. The van der Waals surface area contributed by atoms with Gasteiger partial charge in [-0.1, -0.05) is 24.7 Å². The molecule has 0 bridgehead atoms. The molecular formula is C16H18FNO2. The highest BCUT2D eigenvalue weighted by molar-refractivity contribution is 5.96. The van der Waals surface area contributed by atoms with Crippen molar-refractivity contribution in [2.24, 2.45) is 5.92 Å². The number of benzene rings is 1. The van der Waals surface area contributed by atoms with E-state index in [4.69, 9.17) is 5.11 Å². The van der Waals surface area contributed by atoms with Crippen LogP contribution in [0.3, 0.4) is 0 Å². The lowest BCUT2D eigenvalue weighted by atomic mass is 10.1. The van der Waals surface area contributed by atoms with Crippen molar-refractivity contribution in [2.75, 3.05) is 13.2 Å². The number of carbonyl (C=O) groups is 1. The van der Waals surface area contributed by atoms with Gasteiger partial charge >= 0.3 is 0 Å². The van der Waals surface area contributed by atoms with E-state index in [1.807, 2.05) is 0 Å². The minimum Gasteiger partial charge on any atom is -0.384 e. The van der Waals surface area contributed by atoms with Gasteiger partial charge in [-0.05, 0) is 37.0 Å². The highest BCUT2D eigenvalue weighted by atomic mass is 19.1. The zero-order valence-corrected chi connectivity index (χ0v) is 11.3. The number of amides is 1. The van der Waals surface area contributed by atoms with Gasteiger partial charge in [-0.3, -0.25) is 4.79 Å². The van der Waals surface area contributed by atoms with Gasteiger partial charge in [0.2, 0.25) is 0 Å². The number of carbonyl (C=O) groups excluding carboxylic acids is 1. The molecule has 106 valence electrons. The van der Waals surface area contributed by atoms with Gasteiger partial charge in [0.05, 0.1) is 5.56 Å². The number of hydrogen-bond acceptors (Lipinski definition) is 2. The van der Waals surface area contributed by atoms with Crippen molar-refractivity contribution in [3.8, 4) is 11.8 Å². The van der Waals surface area contributed by atoms with Gasteiger partial charge in [-0.2, -0.15) is 0 Å². The number of hydrogen-bond donors (Lipinski definition) is 2. The van der Waals surface area contributed by atoms with Crippen molar-refractivity contribution >= 4 is 5.91 Å². The third kappa shape index (κ3) is 3.82. The summed E-state index contributed by atoms with van der Waals surface area (Å²) in [6, 6.07) is 3.91. The van der Waals surface area contributed by atoms with E-state index in [-0.39, 0.29) is 18.1 Å². The van der Waals surface area contributed by atoms with Crippen molar-refractivity contribution in [1.29, 1.82) is 0 Å². The molecule has 1 aromatic carbocycles. The second-order valence-corrected chi connectivity index (χ2v) is 5.01. The average molecular weight is 275 g/mol. The molecule has 1 fully saturated rings. The van der Waals surface area contributed by atoms with Crippen LogP contribution in [0.2, 0.25) is 0 Å². The Bertz CT molecular complexity index is 539. The van der Waals surface area contributed by atoms with Gasteiger partial charge in [0, 0.05) is 12.1 Å². The van der Waals surface area contributed by atoms with Gasteiger partial charge in [0.1, 0.15) is 12.4 Å². The van der Waals surface area contributed by atoms with Crippen LogP contribution in [0.5, 0.6) is 0 Å². The summed E-state index contributed by atoms with van der Waals surface area (Å²) in [7, 11) is 0. The molecule has 2 rings (SSSR count).